The van der Waals surface area contributed by atoms with Gasteiger partial charge in [-0.25, -0.2) is 4.68 Å². The molecule has 0 fully saturated rings. The van der Waals surface area contributed by atoms with E-state index in [1.807, 2.05) is 6.92 Å². The van der Waals surface area contributed by atoms with Gasteiger partial charge in [0.15, 0.2) is 0 Å². The molecule has 0 amide bonds. The van der Waals surface area contributed by atoms with E-state index in [4.69, 9.17) is 0 Å². The molecule has 90 valence electrons. The van der Waals surface area contributed by atoms with Crippen LogP contribution in [-0.2, 0) is 6.54 Å². The van der Waals surface area contributed by atoms with E-state index in [0.717, 1.165) is 18.5 Å². The Hall–Kier alpha value is -1.16. The molecule has 0 saturated carbocycles. The quantitative estimate of drug-likeness (QED) is 0.791. The molecule has 0 aliphatic heterocycles. The smallest absolute Gasteiger partial charge is 0.267 e. The zero-order valence-corrected chi connectivity index (χ0v) is 10.4. The maximum Gasteiger partial charge on any atom is 0.267 e. The van der Waals surface area contributed by atoms with Crippen LogP contribution in [0.15, 0.2) is 17.1 Å². The minimum absolute atomic E-state index is 0.0232. The molecule has 1 unspecified atom stereocenters. The molecule has 0 aromatic carbocycles. The molecule has 0 aliphatic carbocycles. The van der Waals surface area contributed by atoms with Gasteiger partial charge < -0.3 is 5.32 Å². The Labute approximate surface area is 96.7 Å². The minimum Gasteiger partial charge on any atom is -0.312 e. The third kappa shape index (κ3) is 4.14. The topological polar surface area (TPSA) is 46.9 Å². The van der Waals surface area contributed by atoms with E-state index in [9.17, 15) is 4.79 Å². The van der Waals surface area contributed by atoms with Crippen LogP contribution < -0.4 is 10.9 Å². The third-order valence-electron chi connectivity index (χ3n) is 2.54. The highest BCUT2D eigenvalue weighted by molar-refractivity contribution is 5.02. The van der Waals surface area contributed by atoms with E-state index in [-0.39, 0.29) is 5.56 Å². The Morgan fingerprint density at radius 3 is 2.94 bits per heavy atom. The molecule has 16 heavy (non-hydrogen) atoms. The van der Waals surface area contributed by atoms with Gasteiger partial charge >= 0.3 is 0 Å². The van der Waals surface area contributed by atoms with Crippen molar-refractivity contribution in [1.82, 2.24) is 15.1 Å². The highest BCUT2D eigenvalue weighted by Crippen LogP contribution is 1.93. The lowest BCUT2D eigenvalue weighted by Gasteiger charge is -2.12. The standard InChI is InChI=1S/C12H21N3O/c1-4-5-11(3)13-6-7-15-12(16)8-10(2)9-14-15/h8-9,11,13H,4-7H2,1-3H3. The van der Waals surface area contributed by atoms with Crippen LogP contribution in [0.2, 0.25) is 0 Å². The number of aryl methyl sites for hydroxylation is 1. The predicted octanol–water partition coefficient (Wildman–Crippen LogP) is 1.33. The van der Waals surface area contributed by atoms with E-state index >= 15 is 0 Å². The Balaban J connectivity index is 2.40. The summed E-state index contributed by atoms with van der Waals surface area (Å²) in [5.74, 6) is 0. The molecule has 1 aromatic heterocycles. The summed E-state index contributed by atoms with van der Waals surface area (Å²) >= 11 is 0. The molecule has 0 saturated heterocycles. The largest absolute Gasteiger partial charge is 0.312 e. The fourth-order valence-corrected chi connectivity index (χ4v) is 1.64. The SMILES string of the molecule is CCCC(C)NCCn1ncc(C)cc1=O. The molecule has 1 heterocycles. The van der Waals surface area contributed by atoms with Gasteiger partial charge in [-0.05, 0) is 25.8 Å². The normalized spacial score (nSPS) is 12.7. The first-order valence-electron chi connectivity index (χ1n) is 5.90. The minimum atomic E-state index is -0.0232. The average molecular weight is 223 g/mol. The summed E-state index contributed by atoms with van der Waals surface area (Å²) in [6, 6.07) is 2.12. The van der Waals surface area contributed by atoms with Crippen molar-refractivity contribution in [2.45, 2.75) is 46.2 Å². The molecule has 0 aliphatic rings. The summed E-state index contributed by atoms with van der Waals surface area (Å²) in [5.41, 5.74) is 0.888. The molecule has 4 heteroatoms. The summed E-state index contributed by atoms with van der Waals surface area (Å²) in [6.07, 6.45) is 4.06. The Morgan fingerprint density at radius 2 is 2.31 bits per heavy atom. The summed E-state index contributed by atoms with van der Waals surface area (Å²) < 4.78 is 1.50. The van der Waals surface area contributed by atoms with E-state index in [0.29, 0.717) is 12.6 Å². The summed E-state index contributed by atoms with van der Waals surface area (Å²) in [4.78, 5) is 11.5. The lowest BCUT2D eigenvalue weighted by atomic mass is 10.2. The number of hydrogen-bond acceptors (Lipinski definition) is 3. The van der Waals surface area contributed by atoms with Crippen molar-refractivity contribution < 1.29 is 0 Å². The first-order chi connectivity index (χ1) is 7.63. The van der Waals surface area contributed by atoms with Crippen LogP contribution in [0.1, 0.15) is 32.3 Å². The van der Waals surface area contributed by atoms with E-state index < -0.39 is 0 Å². The zero-order valence-electron chi connectivity index (χ0n) is 10.4. The number of nitrogens with zero attached hydrogens (tertiary/aromatic N) is 2. The maximum atomic E-state index is 11.5. The van der Waals surface area contributed by atoms with E-state index in [2.05, 4.69) is 24.3 Å². The molecule has 0 radical (unpaired) electrons. The third-order valence-corrected chi connectivity index (χ3v) is 2.54. The lowest BCUT2D eigenvalue weighted by Crippen LogP contribution is -2.33. The molecule has 1 N–H and O–H groups in total. The molecule has 1 rings (SSSR count). The van der Waals surface area contributed by atoms with Gasteiger partial charge in [0.1, 0.15) is 0 Å². The van der Waals surface area contributed by atoms with Crippen molar-refractivity contribution in [2.24, 2.45) is 0 Å². The first-order valence-corrected chi connectivity index (χ1v) is 5.90. The van der Waals surface area contributed by atoms with Crippen molar-refractivity contribution in [3.8, 4) is 0 Å². The van der Waals surface area contributed by atoms with Gasteiger partial charge in [0.25, 0.3) is 5.56 Å². The first kappa shape index (κ1) is 12.9. The number of rotatable bonds is 6. The summed E-state index contributed by atoms with van der Waals surface area (Å²) in [6.45, 7) is 7.63. The van der Waals surface area contributed by atoms with Crippen LogP contribution in [-0.4, -0.2) is 22.4 Å². The average Bonchev–Trinajstić information content (AvgIpc) is 2.22. The summed E-state index contributed by atoms with van der Waals surface area (Å²) in [5, 5.41) is 7.46. The van der Waals surface area contributed by atoms with Crippen LogP contribution in [0.5, 0.6) is 0 Å². The van der Waals surface area contributed by atoms with Crippen molar-refractivity contribution in [3.63, 3.8) is 0 Å². The highest BCUT2D eigenvalue weighted by atomic mass is 16.1. The van der Waals surface area contributed by atoms with Crippen LogP contribution in [0.25, 0.3) is 0 Å². The van der Waals surface area contributed by atoms with Crippen molar-refractivity contribution >= 4 is 0 Å². The Morgan fingerprint density at radius 1 is 1.56 bits per heavy atom. The van der Waals surface area contributed by atoms with Crippen LogP contribution in [0, 0.1) is 6.92 Å². The molecule has 1 aromatic rings. The van der Waals surface area contributed by atoms with Gasteiger partial charge in [0.2, 0.25) is 0 Å². The maximum absolute atomic E-state index is 11.5. The molecule has 0 spiro atoms. The Kier molecular flexibility index (Phi) is 5.19. The number of nitrogens with one attached hydrogen (secondary N) is 1. The van der Waals surface area contributed by atoms with Gasteiger partial charge in [-0.15, -0.1) is 0 Å². The number of aromatic nitrogens is 2. The van der Waals surface area contributed by atoms with E-state index in [1.165, 1.54) is 11.1 Å². The second-order valence-electron chi connectivity index (χ2n) is 4.24. The van der Waals surface area contributed by atoms with Gasteiger partial charge in [-0.1, -0.05) is 13.3 Å². The monoisotopic (exact) mass is 223 g/mol. The predicted molar refractivity (Wildman–Crippen MR) is 65.6 cm³/mol. The van der Waals surface area contributed by atoms with Crippen LogP contribution in [0.4, 0.5) is 0 Å². The van der Waals surface area contributed by atoms with Crippen molar-refractivity contribution in [1.29, 1.82) is 0 Å². The Bertz CT molecular complexity index is 373. The second kappa shape index (κ2) is 6.43. The van der Waals surface area contributed by atoms with Crippen molar-refractivity contribution in [2.75, 3.05) is 6.54 Å². The van der Waals surface area contributed by atoms with Gasteiger partial charge in [-0.2, -0.15) is 5.10 Å². The highest BCUT2D eigenvalue weighted by Gasteiger charge is 2.00. The number of hydrogen-bond donors (Lipinski definition) is 1. The summed E-state index contributed by atoms with van der Waals surface area (Å²) in [7, 11) is 0. The van der Waals surface area contributed by atoms with Gasteiger partial charge in [-0.3, -0.25) is 4.79 Å². The van der Waals surface area contributed by atoms with Crippen molar-refractivity contribution in [3.05, 3.63) is 28.2 Å². The molecule has 0 bridgehead atoms. The molecule has 1 atom stereocenters. The molecule has 4 nitrogen and oxygen atoms in total. The van der Waals surface area contributed by atoms with Crippen LogP contribution in [0.3, 0.4) is 0 Å². The zero-order chi connectivity index (χ0) is 12.0. The molecular formula is C12H21N3O. The van der Waals surface area contributed by atoms with Gasteiger partial charge in [0.05, 0.1) is 12.7 Å². The lowest BCUT2D eigenvalue weighted by molar-refractivity contribution is 0.463. The fraction of sp³-hybridized carbons (Fsp3) is 0.667. The van der Waals surface area contributed by atoms with E-state index in [1.54, 1.807) is 12.3 Å². The molecular weight excluding hydrogens is 202 g/mol. The van der Waals surface area contributed by atoms with Gasteiger partial charge in [0, 0.05) is 18.7 Å². The fourth-order valence-electron chi connectivity index (χ4n) is 1.64. The second-order valence-corrected chi connectivity index (χ2v) is 4.24. The van der Waals surface area contributed by atoms with Crippen LogP contribution >= 0.6 is 0 Å².